The van der Waals surface area contributed by atoms with E-state index in [-0.39, 0.29) is 18.4 Å². The van der Waals surface area contributed by atoms with Crippen molar-refractivity contribution >= 4 is 11.8 Å². The minimum Gasteiger partial charge on any atom is -0.356 e. The summed E-state index contributed by atoms with van der Waals surface area (Å²) in [5.74, 6) is -0.107. The Bertz CT molecular complexity index is 634. The van der Waals surface area contributed by atoms with E-state index in [1.165, 1.54) is 25.7 Å². The van der Waals surface area contributed by atoms with E-state index in [0.29, 0.717) is 5.41 Å². The molecule has 1 aromatic heterocycles. The molecule has 6 nitrogen and oxygen atoms in total. The Kier molecular flexibility index (Phi) is 3.79. The largest absolute Gasteiger partial charge is 0.356 e. The third-order valence-electron chi connectivity index (χ3n) is 5.78. The number of pyridine rings is 1. The molecule has 3 heterocycles. The monoisotopic (exact) mass is 329 g/mol. The van der Waals surface area contributed by atoms with E-state index in [2.05, 4.69) is 4.98 Å². The molecule has 3 aliphatic rings. The minimum atomic E-state index is -0.643. The van der Waals surface area contributed by atoms with Gasteiger partial charge in [-0.15, -0.1) is 0 Å². The molecule has 2 aliphatic heterocycles. The fraction of sp³-hybridized carbons (Fsp3) is 0.611. The lowest BCUT2D eigenvalue weighted by Gasteiger charge is -2.50. The van der Waals surface area contributed by atoms with Crippen molar-refractivity contribution < 1.29 is 14.3 Å². The highest BCUT2D eigenvalue weighted by atomic mass is 16.5. The Morgan fingerprint density at radius 3 is 2.75 bits per heavy atom. The molecule has 1 saturated carbocycles. The van der Waals surface area contributed by atoms with Crippen molar-refractivity contribution in [3.8, 4) is 0 Å². The molecule has 24 heavy (non-hydrogen) atoms. The van der Waals surface area contributed by atoms with Crippen molar-refractivity contribution in [2.24, 2.45) is 5.41 Å². The molecule has 2 amide bonds. The zero-order chi connectivity index (χ0) is 16.7. The molecular formula is C18H23N3O3. The van der Waals surface area contributed by atoms with Gasteiger partial charge in [0.25, 0.3) is 5.91 Å². The number of amides is 2. The van der Waals surface area contributed by atoms with Gasteiger partial charge in [0.2, 0.25) is 5.91 Å². The van der Waals surface area contributed by atoms with E-state index in [4.69, 9.17) is 4.74 Å². The fourth-order valence-corrected chi connectivity index (χ4v) is 4.41. The van der Waals surface area contributed by atoms with Crippen molar-refractivity contribution in [1.82, 2.24) is 14.8 Å². The number of aromatic nitrogens is 1. The molecule has 4 rings (SSSR count). The van der Waals surface area contributed by atoms with Gasteiger partial charge in [0, 0.05) is 37.9 Å². The number of likely N-dealkylation sites (tertiary alicyclic amines) is 1. The second-order valence-electron chi connectivity index (χ2n) is 7.37. The molecule has 2 saturated heterocycles. The number of morpholine rings is 1. The first-order valence-electron chi connectivity index (χ1n) is 8.66. The van der Waals surface area contributed by atoms with Gasteiger partial charge in [-0.2, -0.15) is 0 Å². The first-order valence-corrected chi connectivity index (χ1v) is 8.66. The van der Waals surface area contributed by atoms with Crippen LogP contribution < -0.4 is 0 Å². The van der Waals surface area contributed by atoms with Gasteiger partial charge in [-0.25, -0.2) is 0 Å². The molecule has 1 aromatic rings. The van der Waals surface area contributed by atoms with Crippen LogP contribution >= 0.6 is 0 Å². The van der Waals surface area contributed by atoms with Gasteiger partial charge in [0.15, 0.2) is 6.10 Å². The van der Waals surface area contributed by atoms with Crippen LogP contribution in [-0.4, -0.2) is 59.4 Å². The van der Waals surface area contributed by atoms with Crippen LogP contribution in [0.15, 0.2) is 24.5 Å². The summed E-state index contributed by atoms with van der Waals surface area (Å²) in [4.78, 5) is 32.7. The van der Waals surface area contributed by atoms with Crippen molar-refractivity contribution in [1.29, 1.82) is 0 Å². The smallest absolute Gasteiger partial charge is 0.254 e. The molecule has 128 valence electrons. The maximum Gasteiger partial charge on any atom is 0.254 e. The third kappa shape index (κ3) is 2.49. The predicted molar refractivity (Wildman–Crippen MR) is 87.0 cm³/mol. The van der Waals surface area contributed by atoms with Crippen molar-refractivity contribution in [2.75, 3.05) is 26.7 Å². The van der Waals surface area contributed by atoms with Gasteiger partial charge in [0.1, 0.15) is 6.61 Å². The van der Waals surface area contributed by atoms with Crippen LogP contribution in [0, 0.1) is 5.41 Å². The normalized spacial score (nSPS) is 29.0. The zero-order valence-electron chi connectivity index (χ0n) is 14.0. The van der Waals surface area contributed by atoms with E-state index < -0.39 is 12.1 Å². The number of likely N-dealkylation sites (N-methyl/N-ethyl adjacent to an activating group) is 1. The Labute approximate surface area is 141 Å². The average Bonchev–Trinajstić information content (AvgIpc) is 3.06. The fourth-order valence-electron chi connectivity index (χ4n) is 4.41. The predicted octanol–water partition coefficient (Wildman–Crippen LogP) is 1.38. The standard InChI is InChI=1S/C18H23N3O3/c1-20-14(22)10-24-16(15(20)13-5-4-8-19-9-13)17(23)21-11-18(12-21)6-2-3-7-18/h4-5,8-9,15-16H,2-3,6-7,10-12H2,1H3/t15-,16+/m1/s1. The lowest BCUT2D eigenvalue weighted by Crippen LogP contribution is -2.62. The number of nitrogens with zero attached hydrogens (tertiary/aromatic N) is 3. The number of carbonyl (C=O) groups excluding carboxylic acids is 2. The molecular weight excluding hydrogens is 306 g/mol. The van der Waals surface area contributed by atoms with E-state index in [1.54, 1.807) is 24.3 Å². The summed E-state index contributed by atoms with van der Waals surface area (Å²) in [6, 6.07) is 3.30. The molecule has 2 atom stereocenters. The second kappa shape index (κ2) is 5.84. The van der Waals surface area contributed by atoms with Crippen molar-refractivity contribution in [3.63, 3.8) is 0 Å². The highest BCUT2D eigenvalue weighted by molar-refractivity contribution is 5.87. The minimum absolute atomic E-state index is 0.000674. The maximum atomic E-state index is 13.0. The Morgan fingerprint density at radius 2 is 2.08 bits per heavy atom. The van der Waals surface area contributed by atoms with Crippen LogP contribution in [0.5, 0.6) is 0 Å². The quantitative estimate of drug-likeness (QED) is 0.822. The van der Waals surface area contributed by atoms with Crippen LogP contribution in [-0.2, 0) is 14.3 Å². The summed E-state index contributed by atoms with van der Waals surface area (Å²) in [5, 5.41) is 0. The first-order chi connectivity index (χ1) is 11.6. The van der Waals surface area contributed by atoms with E-state index in [0.717, 1.165) is 18.7 Å². The van der Waals surface area contributed by atoms with E-state index in [1.807, 2.05) is 17.0 Å². The van der Waals surface area contributed by atoms with Gasteiger partial charge in [-0.05, 0) is 24.5 Å². The Balaban J connectivity index is 1.54. The second-order valence-corrected chi connectivity index (χ2v) is 7.37. The lowest BCUT2D eigenvalue weighted by molar-refractivity contribution is -0.174. The van der Waals surface area contributed by atoms with E-state index >= 15 is 0 Å². The summed E-state index contributed by atoms with van der Waals surface area (Å²) < 4.78 is 5.69. The van der Waals surface area contributed by atoms with Crippen LogP contribution in [0.25, 0.3) is 0 Å². The zero-order valence-corrected chi connectivity index (χ0v) is 14.0. The third-order valence-corrected chi connectivity index (χ3v) is 5.78. The topological polar surface area (TPSA) is 62.7 Å². The molecule has 0 N–H and O–H groups in total. The van der Waals surface area contributed by atoms with Gasteiger partial charge in [-0.3, -0.25) is 14.6 Å². The number of carbonyl (C=O) groups is 2. The highest BCUT2D eigenvalue weighted by Crippen LogP contribution is 2.46. The molecule has 6 heteroatoms. The molecule has 1 aliphatic carbocycles. The number of hydrogen-bond donors (Lipinski definition) is 0. The Hall–Kier alpha value is -1.95. The van der Waals surface area contributed by atoms with Crippen LogP contribution in [0.4, 0.5) is 0 Å². The molecule has 0 unspecified atom stereocenters. The SMILES string of the molecule is CN1C(=O)CO[C@H](C(=O)N2CC3(CCCC3)C2)[C@H]1c1cccnc1. The summed E-state index contributed by atoms with van der Waals surface area (Å²) in [7, 11) is 1.73. The molecule has 0 aromatic carbocycles. The summed E-state index contributed by atoms with van der Waals surface area (Å²) in [6.45, 7) is 1.63. The number of rotatable bonds is 2. The molecule has 0 radical (unpaired) electrons. The summed E-state index contributed by atoms with van der Waals surface area (Å²) in [6.07, 6.45) is 7.76. The van der Waals surface area contributed by atoms with Crippen LogP contribution in [0.2, 0.25) is 0 Å². The summed E-state index contributed by atoms with van der Waals surface area (Å²) in [5.41, 5.74) is 1.19. The Morgan fingerprint density at radius 1 is 1.33 bits per heavy atom. The number of hydrogen-bond acceptors (Lipinski definition) is 4. The lowest BCUT2D eigenvalue weighted by atomic mass is 9.78. The average molecular weight is 329 g/mol. The van der Waals surface area contributed by atoms with Crippen LogP contribution in [0.3, 0.4) is 0 Å². The summed E-state index contributed by atoms with van der Waals surface area (Å²) >= 11 is 0. The van der Waals surface area contributed by atoms with Gasteiger partial charge >= 0.3 is 0 Å². The molecule has 0 bridgehead atoms. The van der Waals surface area contributed by atoms with Crippen LogP contribution in [0.1, 0.15) is 37.3 Å². The van der Waals surface area contributed by atoms with E-state index in [9.17, 15) is 9.59 Å². The molecule has 3 fully saturated rings. The van der Waals surface area contributed by atoms with Crippen molar-refractivity contribution in [2.45, 2.75) is 37.8 Å². The highest BCUT2D eigenvalue weighted by Gasteiger charge is 2.50. The number of ether oxygens (including phenoxy) is 1. The van der Waals surface area contributed by atoms with Crippen molar-refractivity contribution in [3.05, 3.63) is 30.1 Å². The molecule has 1 spiro atoms. The first kappa shape index (κ1) is 15.6. The van der Waals surface area contributed by atoms with Gasteiger partial charge in [0.05, 0.1) is 6.04 Å². The van der Waals surface area contributed by atoms with Gasteiger partial charge in [-0.1, -0.05) is 18.9 Å². The van der Waals surface area contributed by atoms with Gasteiger partial charge < -0.3 is 14.5 Å². The maximum absolute atomic E-state index is 13.0.